The second kappa shape index (κ2) is 4.16. The van der Waals surface area contributed by atoms with Crippen LogP contribution in [0, 0.1) is 0 Å². The highest BCUT2D eigenvalue weighted by Gasteiger charge is 2.60. The van der Waals surface area contributed by atoms with Gasteiger partial charge in [0.25, 0.3) is 5.13 Å². The molecule has 0 aromatic carbocycles. The Morgan fingerprint density at radius 1 is 1.69 bits per heavy atom. The first kappa shape index (κ1) is 13.2. The Morgan fingerprint density at radius 3 is 2.31 bits per heavy atom. The van der Waals surface area contributed by atoms with E-state index >= 15 is 0 Å². The number of carboxylic acid groups (broad SMARTS) is 1. The predicted molar refractivity (Wildman–Crippen MR) is 48.5 cm³/mol. The molecule has 78 valence electrons. The first-order chi connectivity index (χ1) is 5.67. The highest BCUT2D eigenvalue weighted by Crippen LogP contribution is 2.41. The fraction of sp³-hybridized carbons (Fsp3) is 0.800. The summed E-state index contributed by atoms with van der Waals surface area (Å²) >= 11 is 10.9. The van der Waals surface area contributed by atoms with Gasteiger partial charge < -0.3 is 5.11 Å². The smallest absolute Gasteiger partial charge is 0.361 e. The van der Waals surface area contributed by atoms with Gasteiger partial charge in [-0.05, 0) is 6.26 Å². The number of halogens is 4. The Kier molecular flexibility index (Phi) is 4.23. The lowest BCUT2D eigenvalue weighted by Crippen LogP contribution is -2.60. The van der Waals surface area contributed by atoms with E-state index in [1.54, 1.807) is 0 Å². The van der Waals surface area contributed by atoms with Gasteiger partial charge in [0.2, 0.25) is 0 Å². The maximum Gasteiger partial charge on any atom is 0.361 e. The Balaban J connectivity index is 4.90. The first-order valence-electron chi connectivity index (χ1n) is 2.93. The van der Waals surface area contributed by atoms with Crippen LogP contribution in [0.1, 0.15) is 0 Å². The molecule has 3 nitrogen and oxygen atoms in total. The number of carbonyl (C=O) groups is 1. The van der Waals surface area contributed by atoms with Crippen molar-refractivity contribution in [1.29, 1.82) is 0 Å². The van der Waals surface area contributed by atoms with Gasteiger partial charge in [-0.15, -0.1) is 23.4 Å². The Bertz CT molecular complexity index is 215. The van der Waals surface area contributed by atoms with E-state index in [-0.39, 0.29) is 0 Å². The van der Waals surface area contributed by atoms with Gasteiger partial charge in [0.1, 0.15) is 4.71 Å². The summed E-state index contributed by atoms with van der Waals surface area (Å²) in [5.41, 5.74) is 4.54. The molecule has 0 saturated heterocycles. The molecule has 0 radical (unpaired) electrons. The second-order valence-corrected chi connectivity index (χ2v) is 4.38. The molecule has 13 heavy (non-hydrogen) atoms. The minimum absolute atomic E-state index is 0.651. The third kappa shape index (κ3) is 2.37. The van der Waals surface area contributed by atoms with Gasteiger partial charge in [0.15, 0.2) is 0 Å². The molecule has 0 amide bonds. The molecule has 0 aromatic heterocycles. The average molecular weight is 254 g/mol. The molecule has 0 aliphatic heterocycles. The van der Waals surface area contributed by atoms with Gasteiger partial charge in [-0.3, -0.25) is 5.73 Å². The zero-order chi connectivity index (χ0) is 10.9. The zero-order valence-electron chi connectivity index (χ0n) is 6.43. The number of aliphatic carboxylic acids is 1. The topological polar surface area (TPSA) is 63.3 Å². The van der Waals surface area contributed by atoms with Crippen LogP contribution in [0.3, 0.4) is 0 Å². The minimum Gasteiger partial charge on any atom is -0.478 e. The Hall–Kier alpha value is 0.220. The highest BCUT2D eigenvalue weighted by atomic mass is 35.5. The number of hydrogen-bond donors (Lipinski definition) is 2. The Labute approximate surface area is 87.6 Å². The largest absolute Gasteiger partial charge is 0.478 e. The summed E-state index contributed by atoms with van der Waals surface area (Å²) in [6.07, 6.45) is 1.34. The summed E-state index contributed by atoms with van der Waals surface area (Å²) in [6.45, 7) is 0. The lowest BCUT2D eigenvalue weighted by atomic mass is 10.1. The van der Waals surface area contributed by atoms with E-state index in [0.29, 0.717) is 11.8 Å². The van der Waals surface area contributed by atoms with E-state index in [2.05, 4.69) is 5.73 Å². The van der Waals surface area contributed by atoms with Crippen molar-refractivity contribution in [3.63, 3.8) is 0 Å². The van der Waals surface area contributed by atoms with Crippen molar-refractivity contribution in [2.75, 3.05) is 6.26 Å². The van der Waals surface area contributed by atoms with Crippen LogP contribution in [-0.2, 0) is 4.79 Å². The predicted octanol–water partition coefficient (Wildman–Crippen LogP) is 1.53. The van der Waals surface area contributed by atoms with Crippen LogP contribution < -0.4 is 5.73 Å². The number of alkyl halides is 4. The van der Waals surface area contributed by atoms with Crippen molar-refractivity contribution in [1.82, 2.24) is 0 Å². The molecule has 0 rings (SSSR count). The van der Waals surface area contributed by atoms with Crippen molar-refractivity contribution in [2.24, 2.45) is 5.73 Å². The van der Waals surface area contributed by atoms with Crippen LogP contribution >= 0.6 is 35.0 Å². The molecule has 0 aliphatic rings. The number of rotatable bonds is 4. The Morgan fingerprint density at radius 2 is 2.08 bits per heavy atom. The quantitative estimate of drug-likeness (QED) is 0.589. The van der Waals surface area contributed by atoms with Crippen LogP contribution in [0.5, 0.6) is 0 Å². The molecule has 8 heteroatoms. The van der Waals surface area contributed by atoms with Gasteiger partial charge in [-0.1, -0.05) is 11.6 Å². The SMILES string of the molecule is CSC(Cl)C(F)(Cl)C(N)(F)C(=O)O. The van der Waals surface area contributed by atoms with Crippen LogP contribution in [0.4, 0.5) is 8.78 Å². The lowest BCUT2D eigenvalue weighted by Gasteiger charge is -2.30. The van der Waals surface area contributed by atoms with E-state index in [9.17, 15) is 13.6 Å². The van der Waals surface area contributed by atoms with Gasteiger partial charge in [0, 0.05) is 0 Å². The summed E-state index contributed by atoms with van der Waals surface area (Å²) < 4.78 is 24.6. The molecule has 3 unspecified atom stereocenters. The summed E-state index contributed by atoms with van der Waals surface area (Å²) in [7, 11) is 0. The fourth-order valence-corrected chi connectivity index (χ4v) is 1.43. The molecule has 0 spiro atoms. The average Bonchev–Trinajstić information content (AvgIpc) is 2.02. The summed E-state index contributed by atoms with van der Waals surface area (Å²) in [6, 6.07) is 0. The van der Waals surface area contributed by atoms with E-state index in [1.165, 1.54) is 6.26 Å². The zero-order valence-corrected chi connectivity index (χ0v) is 8.76. The third-order valence-corrected chi connectivity index (χ3v) is 3.60. The van der Waals surface area contributed by atoms with Crippen molar-refractivity contribution in [3.8, 4) is 0 Å². The number of thioether (sulfide) groups is 1. The number of hydrogen-bond acceptors (Lipinski definition) is 3. The van der Waals surface area contributed by atoms with E-state index in [1.807, 2.05) is 0 Å². The standard InChI is InChI=1S/C5H7Cl2F2NO2S/c1-13-2(6)4(7,8)5(9,10)3(11)12/h2H,10H2,1H3,(H,11,12). The summed E-state index contributed by atoms with van der Waals surface area (Å²) in [5.74, 6) is -5.92. The van der Waals surface area contributed by atoms with Gasteiger partial charge >= 0.3 is 11.8 Å². The second-order valence-electron chi connectivity index (χ2n) is 2.19. The first-order valence-corrected chi connectivity index (χ1v) is 5.04. The maximum absolute atomic E-state index is 13.2. The minimum atomic E-state index is -3.72. The number of nitrogens with two attached hydrogens (primary N) is 1. The molecular weight excluding hydrogens is 247 g/mol. The molecule has 3 N–H and O–H groups in total. The maximum atomic E-state index is 13.2. The molecule has 0 aliphatic carbocycles. The normalized spacial score (nSPS) is 22.9. The molecule has 0 saturated carbocycles. The van der Waals surface area contributed by atoms with Crippen molar-refractivity contribution >= 4 is 40.9 Å². The van der Waals surface area contributed by atoms with Crippen LogP contribution in [0.2, 0.25) is 0 Å². The van der Waals surface area contributed by atoms with E-state index in [4.69, 9.17) is 28.3 Å². The molecule has 3 atom stereocenters. The van der Waals surface area contributed by atoms with E-state index < -0.39 is 21.6 Å². The fourth-order valence-electron chi connectivity index (χ4n) is 0.456. The molecule has 0 fully saturated rings. The van der Waals surface area contributed by atoms with Crippen LogP contribution in [0.15, 0.2) is 0 Å². The molecule has 0 bridgehead atoms. The van der Waals surface area contributed by atoms with Gasteiger partial charge in [-0.2, -0.15) is 0 Å². The summed E-state index contributed by atoms with van der Waals surface area (Å²) in [5, 5.41) is 4.87. The summed E-state index contributed by atoms with van der Waals surface area (Å²) in [4.78, 5) is 10.2. The van der Waals surface area contributed by atoms with Crippen molar-refractivity contribution < 1.29 is 18.7 Å². The van der Waals surface area contributed by atoms with Gasteiger partial charge in [-0.25, -0.2) is 13.6 Å². The monoisotopic (exact) mass is 253 g/mol. The van der Waals surface area contributed by atoms with E-state index in [0.717, 1.165) is 0 Å². The van der Waals surface area contributed by atoms with Crippen LogP contribution in [0.25, 0.3) is 0 Å². The molecular formula is C5H7Cl2F2NO2S. The van der Waals surface area contributed by atoms with Crippen molar-refractivity contribution in [2.45, 2.75) is 15.6 Å². The van der Waals surface area contributed by atoms with Crippen LogP contribution in [-0.4, -0.2) is 33.0 Å². The van der Waals surface area contributed by atoms with Crippen molar-refractivity contribution in [3.05, 3.63) is 0 Å². The molecule has 0 aromatic rings. The lowest BCUT2D eigenvalue weighted by molar-refractivity contribution is -0.157. The highest BCUT2D eigenvalue weighted by molar-refractivity contribution is 8.00. The number of carboxylic acids is 1. The van der Waals surface area contributed by atoms with Gasteiger partial charge in [0.05, 0.1) is 0 Å². The molecule has 0 heterocycles. The third-order valence-electron chi connectivity index (χ3n) is 1.29.